The number of carbonyl (C=O) groups excluding carboxylic acids is 1. The molecule has 0 unspecified atom stereocenters. The number of phenols is 1. The third-order valence-electron chi connectivity index (χ3n) is 2.49. The van der Waals surface area contributed by atoms with Crippen LogP contribution >= 0.6 is 0 Å². The molecule has 0 atom stereocenters. The van der Waals surface area contributed by atoms with Gasteiger partial charge in [-0.2, -0.15) is 0 Å². The summed E-state index contributed by atoms with van der Waals surface area (Å²) < 4.78 is 4.59. The molecule has 1 rings (SSSR count). The lowest BCUT2D eigenvalue weighted by molar-refractivity contribution is -0.140. The highest BCUT2D eigenvalue weighted by Crippen LogP contribution is 2.21. The summed E-state index contributed by atoms with van der Waals surface area (Å²) >= 11 is 0. The fraction of sp³-hybridized carbons (Fsp3) is 0.417. The Hall–Kier alpha value is -1.51. The first kappa shape index (κ1) is 11.6. The van der Waals surface area contributed by atoms with Gasteiger partial charge in [-0.05, 0) is 49.1 Å². The molecular weight excluding hydrogens is 192 g/mol. The molecule has 0 aromatic heterocycles. The molecule has 1 aromatic rings. The second-order valence-electron chi connectivity index (χ2n) is 3.63. The van der Waals surface area contributed by atoms with Gasteiger partial charge in [0.05, 0.1) is 7.11 Å². The van der Waals surface area contributed by atoms with Gasteiger partial charge in [0.25, 0.3) is 0 Å². The number of aryl methyl sites for hydroxylation is 2. The fourth-order valence-electron chi connectivity index (χ4n) is 1.69. The van der Waals surface area contributed by atoms with Crippen molar-refractivity contribution in [1.29, 1.82) is 0 Å². The van der Waals surface area contributed by atoms with E-state index in [1.165, 1.54) is 7.11 Å². The van der Waals surface area contributed by atoms with Crippen molar-refractivity contribution in [2.45, 2.75) is 26.7 Å². The van der Waals surface area contributed by atoms with Gasteiger partial charge in [-0.3, -0.25) is 4.79 Å². The summed E-state index contributed by atoms with van der Waals surface area (Å²) in [5, 5.41) is 9.35. The minimum Gasteiger partial charge on any atom is -0.508 e. The van der Waals surface area contributed by atoms with Crippen molar-refractivity contribution < 1.29 is 14.6 Å². The molecule has 0 radical (unpaired) electrons. The third kappa shape index (κ3) is 2.98. The lowest BCUT2D eigenvalue weighted by Gasteiger charge is -2.09. The summed E-state index contributed by atoms with van der Waals surface area (Å²) in [5.41, 5.74) is 3.13. The highest BCUT2D eigenvalue weighted by molar-refractivity contribution is 5.69. The lowest BCUT2D eigenvalue weighted by atomic mass is 9.98. The Labute approximate surface area is 89.7 Å². The lowest BCUT2D eigenvalue weighted by Crippen LogP contribution is -2.04. The van der Waals surface area contributed by atoms with Gasteiger partial charge in [0.2, 0.25) is 0 Å². The molecule has 0 saturated heterocycles. The number of ether oxygens (including phenoxy) is 1. The smallest absolute Gasteiger partial charge is 0.305 e. The first-order valence-corrected chi connectivity index (χ1v) is 4.90. The van der Waals surface area contributed by atoms with Crippen molar-refractivity contribution >= 4 is 5.97 Å². The summed E-state index contributed by atoms with van der Waals surface area (Å²) in [4.78, 5) is 11.0. The maximum atomic E-state index is 11.0. The Bertz CT molecular complexity index is 346. The van der Waals surface area contributed by atoms with Crippen LogP contribution in [0.25, 0.3) is 0 Å². The molecule has 0 aliphatic heterocycles. The number of hydrogen-bond acceptors (Lipinski definition) is 3. The number of hydrogen-bond donors (Lipinski definition) is 1. The molecular formula is C12H16O3. The fourth-order valence-corrected chi connectivity index (χ4v) is 1.69. The van der Waals surface area contributed by atoms with Gasteiger partial charge in [-0.25, -0.2) is 0 Å². The second-order valence-corrected chi connectivity index (χ2v) is 3.63. The van der Waals surface area contributed by atoms with Crippen molar-refractivity contribution in [3.8, 4) is 5.75 Å². The largest absolute Gasteiger partial charge is 0.508 e. The summed E-state index contributed by atoms with van der Waals surface area (Å²) in [7, 11) is 1.39. The molecule has 0 amide bonds. The monoisotopic (exact) mass is 208 g/mol. The number of benzene rings is 1. The zero-order chi connectivity index (χ0) is 11.4. The summed E-state index contributed by atoms with van der Waals surface area (Å²) in [5.74, 6) is 0.0636. The quantitative estimate of drug-likeness (QED) is 0.774. The molecule has 3 heteroatoms. The second kappa shape index (κ2) is 4.82. The van der Waals surface area contributed by atoms with E-state index < -0.39 is 0 Å². The van der Waals surface area contributed by atoms with Crippen LogP contribution in [0.4, 0.5) is 0 Å². The number of esters is 1. The van der Waals surface area contributed by atoms with Gasteiger partial charge in [0.1, 0.15) is 5.75 Å². The molecule has 3 nitrogen and oxygen atoms in total. The maximum Gasteiger partial charge on any atom is 0.305 e. The number of rotatable bonds is 3. The van der Waals surface area contributed by atoms with Gasteiger partial charge < -0.3 is 9.84 Å². The Morgan fingerprint density at radius 1 is 1.33 bits per heavy atom. The predicted octanol–water partition coefficient (Wildman–Crippen LogP) is 2.11. The van der Waals surface area contributed by atoms with Crippen LogP contribution < -0.4 is 0 Å². The molecule has 0 heterocycles. The molecule has 15 heavy (non-hydrogen) atoms. The van der Waals surface area contributed by atoms with Crippen molar-refractivity contribution in [3.05, 3.63) is 28.8 Å². The Kier molecular flexibility index (Phi) is 3.72. The van der Waals surface area contributed by atoms with Crippen LogP contribution in [0, 0.1) is 13.8 Å². The van der Waals surface area contributed by atoms with Gasteiger partial charge in [0, 0.05) is 6.42 Å². The van der Waals surface area contributed by atoms with E-state index in [4.69, 9.17) is 0 Å². The summed E-state index contributed by atoms with van der Waals surface area (Å²) in [6.45, 7) is 3.86. The van der Waals surface area contributed by atoms with E-state index in [9.17, 15) is 9.90 Å². The maximum absolute atomic E-state index is 11.0. The van der Waals surface area contributed by atoms with Crippen molar-refractivity contribution in [2.24, 2.45) is 0 Å². The van der Waals surface area contributed by atoms with E-state index in [2.05, 4.69) is 4.74 Å². The first-order chi connectivity index (χ1) is 7.04. The van der Waals surface area contributed by atoms with Crippen molar-refractivity contribution in [2.75, 3.05) is 7.11 Å². The Morgan fingerprint density at radius 3 is 2.33 bits per heavy atom. The zero-order valence-electron chi connectivity index (χ0n) is 9.33. The van der Waals surface area contributed by atoms with Crippen LogP contribution in [0.1, 0.15) is 23.1 Å². The van der Waals surface area contributed by atoms with Gasteiger partial charge in [-0.15, -0.1) is 0 Å². The predicted molar refractivity (Wildman–Crippen MR) is 57.9 cm³/mol. The minimum atomic E-state index is -0.207. The van der Waals surface area contributed by atoms with Crippen molar-refractivity contribution in [1.82, 2.24) is 0 Å². The van der Waals surface area contributed by atoms with Gasteiger partial charge in [-0.1, -0.05) is 0 Å². The summed E-state index contributed by atoms with van der Waals surface area (Å²) in [6, 6.07) is 3.42. The van der Waals surface area contributed by atoms with Crippen LogP contribution in [0.3, 0.4) is 0 Å². The van der Waals surface area contributed by atoms with Gasteiger partial charge >= 0.3 is 5.97 Å². The Balaban J connectivity index is 2.81. The SMILES string of the molecule is COC(=O)CCc1c(C)cc(O)cc1C. The summed E-state index contributed by atoms with van der Waals surface area (Å²) in [6.07, 6.45) is 1.04. The van der Waals surface area contributed by atoms with Gasteiger partial charge in [0.15, 0.2) is 0 Å². The molecule has 1 aromatic carbocycles. The molecule has 0 saturated carbocycles. The van der Waals surface area contributed by atoms with E-state index in [-0.39, 0.29) is 11.7 Å². The molecule has 82 valence electrons. The average Bonchev–Trinajstić information content (AvgIpc) is 2.15. The first-order valence-electron chi connectivity index (χ1n) is 4.90. The van der Waals surface area contributed by atoms with Crippen LogP contribution in [-0.4, -0.2) is 18.2 Å². The third-order valence-corrected chi connectivity index (χ3v) is 2.49. The van der Waals surface area contributed by atoms with Crippen LogP contribution in [0.15, 0.2) is 12.1 Å². The van der Waals surface area contributed by atoms with Crippen LogP contribution in [-0.2, 0) is 16.0 Å². The average molecular weight is 208 g/mol. The highest BCUT2D eigenvalue weighted by Gasteiger charge is 2.07. The number of phenolic OH excluding ortho intramolecular Hbond substituents is 1. The Morgan fingerprint density at radius 2 is 1.87 bits per heavy atom. The van der Waals surface area contributed by atoms with E-state index >= 15 is 0 Å². The topological polar surface area (TPSA) is 46.5 Å². The molecule has 0 aliphatic carbocycles. The molecule has 0 fully saturated rings. The molecule has 1 N–H and O–H groups in total. The molecule has 0 aliphatic rings. The number of carbonyl (C=O) groups is 1. The molecule has 0 bridgehead atoms. The minimum absolute atomic E-state index is 0.207. The van der Waals surface area contributed by atoms with E-state index in [1.807, 2.05) is 13.8 Å². The van der Waals surface area contributed by atoms with Crippen LogP contribution in [0.2, 0.25) is 0 Å². The zero-order valence-corrected chi connectivity index (χ0v) is 9.33. The van der Waals surface area contributed by atoms with Crippen molar-refractivity contribution in [3.63, 3.8) is 0 Å². The van der Waals surface area contributed by atoms with Crippen LogP contribution in [0.5, 0.6) is 5.75 Å². The normalized spacial score (nSPS) is 10.1. The number of aromatic hydroxyl groups is 1. The standard InChI is InChI=1S/C12H16O3/c1-8-6-10(13)7-9(2)11(8)4-5-12(14)15-3/h6-7,13H,4-5H2,1-3H3. The van der Waals surface area contributed by atoms with E-state index in [1.54, 1.807) is 12.1 Å². The molecule has 0 spiro atoms. The van der Waals surface area contributed by atoms with E-state index in [0.717, 1.165) is 16.7 Å². The highest BCUT2D eigenvalue weighted by atomic mass is 16.5. The van der Waals surface area contributed by atoms with E-state index in [0.29, 0.717) is 12.8 Å². The number of methoxy groups -OCH3 is 1.